The zero-order valence-corrected chi connectivity index (χ0v) is 19.5. The number of nitrogens with zero attached hydrogens (tertiary/aromatic N) is 3. The average Bonchev–Trinajstić information content (AvgIpc) is 3.56. The normalized spacial score (nSPS) is 32.7. The first-order valence-corrected chi connectivity index (χ1v) is 12.5. The number of hydrogen-bond acceptors (Lipinski definition) is 5. The summed E-state index contributed by atoms with van der Waals surface area (Å²) in [5.74, 6) is -1.72. The van der Waals surface area contributed by atoms with Crippen molar-refractivity contribution >= 4 is 21.5 Å². The van der Waals surface area contributed by atoms with Gasteiger partial charge in [0.15, 0.2) is 11.6 Å². The Morgan fingerprint density at radius 1 is 1.06 bits per heavy atom. The number of likely N-dealkylation sites (tertiary alicyclic amines) is 1. The summed E-state index contributed by atoms with van der Waals surface area (Å²) >= 11 is 0. The molecule has 3 heterocycles. The maximum absolute atomic E-state index is 14.1. The maximum atomic E-state index is 14.1. The molecule has 35 heavy (non-hydrogen) atoms. The molecule has 4 fully saturated rings. The van der Waals surface area contributed by atoms with Gasteiger partial charge in [0.25, 0.3) is 0 Å². The molecule has 5 atom stereocenters. The number of hydrogen-bond donors (Lipinski definition) is 1. The Labute approximate surface area is 206 Å². The molecule has 2 saturated heterocycles. The highest BCUT2D eigenvalue weighted by Gasteiger charge is 2.59. The minimum atomic E-state index is -1.25. The predicted molar refractivity (Wildman–Crippen MR) is 127 cm³/mol. The molecule has 0 bridgehead atoms. The van der Waals surface area contributed by atoms with E-state index in [2.05, 4.69) is 20.4 Å². The van der Waals surface area contributed by atoms with E-state index >= 15 is 0 Å². The van der Waals surface area contributed by atoms with Crippen molar-refractivity contribution in [2.45, 2.75) is 56.0 Å². The lowest BCUT2D eigenvalue weighted by molar-refractivity contribution is 0.0252. The highest BCUT2D eigenvalue weighted by molar-refractivity contribution is 6.40. The van der Waals surface area contributed by atoms with Gasteiger partial charge in [0.1, 0.15) is 11.6 Å². The molecule has 1 N–H and O–H groups in total. The largest absolute Gasteiger partial charge is 0.378 e. The van der Waals surface area contributed by atoms with Crippen molar-refractivity contribution in [3.8, 4) is 11.3 Å². The van der Waals surface area contributed by atoms with E-state index in [1.54, 1.807) is 6.07 Å². The highest BCUT2D eigenvalue weighted by atomic mass is 19.2. The van der Waals surface area contributed by atoms with Gasteiger partial charge < -0.3 is 15.0 Å². The lowest BCUT2D eigenvalue weighted by Gasteiger charge is -2.51. The van der Waals surface area contributed by atoms with Crippen LogP contribution in [0, 0.1) is 34.7 Å². The van der Waals surface area contributed by atoms with Gasteiger partial charge in [-0.3, -0.25) is 0 Å². The monoisotopic (exact) mass is 478 g/mol. The van der Waals surface area contributed by atoms with Crippen molar-refractivity contribution in [2.75, 3.05) is 25.0 Å². The van der Waals surface area contributed by atoms with Gasteiger partial charge in [0.05, 0.1) is 27.5 Å². The van der Waals surface area contributed by atoms with E-state index in [0.717, 1.165) is 64.3 Å². The molecular weight excluding hydrogens is 451 g/mol. The van der Waals surface area contributed by atoms with Crippen LogP contribution in [0.3, 0.4) is 0 Å². The summed E-state index contributed by atoms with van der Waals surface area (Å²) < 4.78 is 47.1. The topological polar surface area (TPSA) is 50.3 Å². The van der Waals surface area contributed by atoms with Gasteiger partial charge in [0.2, 0.25) is 0 Å². The smallest absolute Gasteiger partial charge is 0.168 e. The molecule has 180 valence electrons. The SMILES string of the molecule is [B]C([B])(N1C[C@H]2CC(Nc3ccc(-c4cc(F)cc(F)c4F)nn3)C[C@H]2C1)C12CCC[C@H]1OCC2. The van der Waals surface area contributed by atoms with Crippen LogP contribution in [0.5, 0.6) is 0 Å². The molecule has 0 amide bonds. The summed E-state index contributed by atoms with van der Waals surface area (Å²) in [5, 5.41) is 10.7. The highest BCUT2D eigenvalue weighted by Crippen LogP contribution is 2.55. The van der Waals surface area contributed by atoms with Crippen molar-refractivity contribution in [1.29, 1.82) is 0 Å². The van der Waals surface area contributed by atoms with Crippen LogP contribution in [0.4, 0.5) is 19.0 Å². The van der Waals surface area contributed by atoms with E-state index in [0.29, 0.717) is 23.7 Å². The molecule has 6 rings (SSSR count). The quantitative estimate of drug-likeness (QED) is 0.526. The van der Waals surface area contributed by atoms with Crippen LogP contribution in [-0.4, -0.2) is 68.0 Å². The third kappa shape index (κ3) is 3.79. The summed E-state index contributed by atoms with van der Waals surface area (Å²) in [6.07, 6.45) is 6.24. The molecule has 2 aromatic rings. The van der Waals surface area contributed by atoms with Crippen LogP contribution in [0.25, 0.3) is 11.3 Å². The van der Waals surface area contributed by atoms with Gasteiger partial charge >= 0.3 is 0 Å². The maximum Gasteiger partial charge on any atom is 0.168 e. The van der Waals surface area contributed by atoms with Crippen molar-refractivity contribution in [3.63, 3.8) is 0 Å². The Balaban J connectivity index is 1.09. The summed E-state index contributed by atoms with van der Waals surface area (Å²) in [6, 6.07) is 4.83. The summed E-state index contributed by atoms with van der Waals surface area (Å²) in [7, 11) is 13.7. The van der Waals surface area contributed by atoms with Gasteiger partial charge in [-0.05, 0) is 67.5 Å². The van der Waals surface area contributed by atoms with Crippen LogP contribution < -0.4 is 5.32 Å². The van der Waals surface area contributed by atoms with E-state index in [4.69, 9.17) is 20.4 Å². The Morgan fingerprint density at radius 3 is 2.54 bits per heavy atom. The average molecular weight is 478 g/mol. The van der Waals surface area contributed by atoms with E-state index in [-0.39, 0.29) is 28.8 Å². The van der Waals surface area contributed by atoms with Crippen molar-refractivity contribution in [3.05, 3.63) is 41.7 Å². The molecule has 2 unspecified atom stereocenters. The number of fused-ring (bicyclic) bond motifs is 2. The van der Waals surface area contributed by atoms with Crippen molar-refractivity contribution in [1.82, 2.24) is 15.1 Å². The first kappa shape index (κ1) is 23.3. The van der Waals surface area contributed by atoms with Gasteiger partial charge in [-0.2, -0.15) is 0 Å². The molecule has 2 aliphatic heterocycles. The Hall–Kier alpha value is -2.06. The fraction of sp³-hybridized carbons (Fsp3) is 0.600. The first-order chi connectivity index (χ1) is 16.8. The van der Waals surface area contributed by atoms with Gasteiger partial charge in [-0.1, -0.05) is 6.42 Å². The van der Waals surface area contributed by atoms with Crippen LogP contribution in [0.1, 0.15) is 38.5 Å². The first-order valence-electron chi connectivity index (χ1n) is 12.5. The lowest BCUT2D eigenvalue weighted by Crippen LogP contribution is -2.62. The fourth-order valence-electron chi connectivity index (χ4n) is 7.15. The third-order valence-electron chi connectivity index (χ3n) is 8.93. The van der Waals surface area contributed by atoms with Crippen LogP contribution in [0.15, 0.2) is 24.3 Å². The van der Waals surface area contributed by atoms with E-state index < -0.39 is 22.8 Å². The fourth-order valence-corrected chi connectivity index (χ4v) is 7.15. The third-order valence-corrected chi connectivity index (χ3v) is 8.93. The molecule has 10 heteroatoms. The number of rotatable bonds is 5. The second-order valence-electron chi connectivity index (χ2n) is 10.8. The van der Waals surface area contributed by atoms with Gasteiger partial charge in [-0.15, -0.1) is 10.2 Å². The summed E-state index contributed by atoms with van der Waals surface area (Å²) in [5.41, 5.74) is -0.321. The molecule has 5 nitrogen and oxygen atoms in total. The lowest BCUT2D eigenvalue weighted by atomic mass is 9.45. The molecule has 2 aliphatic carbocycles. The van der Waals surface area contributed by atoms with Gasteiger partial charge in [-0.25, -0.2) is 13.2 Å². The van der Waals surface area contributed by atoms with Crippen LogP contribution in [-0.2, 0) is 4.74 Å². The molecular formula is C25H27B2F3N4O. The number of aromatic nitrogens is 2. The zero-order chi connectivity index (χ0) is 24.4. The Kier molecular flexibility index (Phi) is 5.68. The Morgan fingerprint density at radius 2 is 1.83 bits per heavy atom. The zero-order valence-electron chi connectivity index (χ0n) is 19.5. The van der Waals surface area contributed by atoms with Crippen LogP contribution in [0.2, 0.25) is 0 Å². The predicted octanol–water partition coefficient (Wildman–Crippen LogP) is 3.63. The standard InChI is InChI=1S/C25H27B2F3N4O/c26-25(27,24-5-1-2-21(24)35-7-6-24)34-12-14-8-17(9-15(14)13-34)31-22-4-3-20(32-33-22)18-10-16(28)11-19(29)23(18)30/h3-4,10-11,14-15,17,21H,1-2,5-9,12-13H2,(H,31,33)/t14-,15+,17?,21-,24?/m1/s1. The number of halogens is 3. The van der Waals surface area contributed by atoms with Crippen LogP contribution >= 0.6 is 0 Å². The van der Waals surface area contributed by atoms with Crippen molar-refractivity contribution < 1.29 is 17.9 Å². The van der Waals surface area contributed by atoms with E-state index in [9.17, 15) is 13.2 Å². The number of nitrogens with one attached hydrogen (secondary N) is 1. The molecule has 2 saturated carbocycles. The van der Waals surface area contributed by atoms with E-state index in [1.807, 2.05) is 0 Å². The molecule has 4 radical (unpaired) electrons. The van der Waals surface area contributed by atoms with Gasteiger partial charge in [0, 0.05) is 42.8 Å². The summed E-state index contributed by atoms with van der Waals surface area (Å²) in [6.45, 7) is 2.49. The molecule has 1 aromatic heterocycles. The number of benzene rings is 1. The molecule has 4 aliphatic rings. The van der Waals surface area contributed by atoms with E-state index in [1.165, 1.54) is 6.07 Å². The number of anilines is 1. The minimum Gasteiger partial charge on any atom is -0.378 e. The molecule has 1 aromatic carbocycles. The van der Waals surface area contributed by atoms with Crippen molar-refractivity contribution in [2.24, 2.45) is 17.3 Å². The Bertz CT molecular complexity index is 1090. The molecule has 0 spiro atoms. The minimum absolute atomic E-state index is 0.0769. The second-order valence-corrected chi connectivity index (χ2v) is 10.8. The second kappa shape index (κ2) is 8.51. The summed E-state index contributed by atoms with van der Waals surface area (Å²) in [4.78, 5) is 2.30. The number of ether oxygens (including phenoxy) is 1.